The Labute approximate surface area is 198 Å². The number of hydrogen-bond donors (Lipinski definition) is 2. The van der Waals surface area contributed by atoms with E-state index in [1.165, 1.54) is 0 Å². The first-order chi connectivity index (χ1) is 16.0. The van der Waals surface area contributed by atoms with Gasteiger partial charge in [-0.3, -0.25) is 9.59 Å². The van der Waals surface area contributed by atoms with Gasteiger partial charge < -0.3 is 20.1 Å². The number of carbonyl (C=O) groups is 2. The van der Waals surface area contributed by atoms with Gasteiger partial charge in [0.15, 0.2) is 0 Å². The molecule has 2 aromatic carbocycles. The average molecular weight is 455 g/mol. The second kappa shape index (κ2) is 13.5. The molecule has 0 spiro atoms. The molecule has 0 aliphatic rings. The molecule has 0 saturated heterocycles. The number of benzene rings is 2. The maximum atomic E-state index is 12.7. The lowest BCUT2D eigenvalue weighted by molar-refractivity contribution is 0.0916. The minimum atomic E-state index is -0.101. The number of rotatable bonds is 14. The zero-order valence-corrected chi connectivity index (χ0v) is 20.4. The predicted octanol–water partition coefficient (Wildman–Crippen LogP) is 5.23. The lowest BCUT2D eigenvalue weighted by atomic mass is 9.76. The van der Waals surface area contributed by atoms with E-state index in [1.54, 1.807) is 38.5 Å². The number of amides is 2. The van der Waals surface area contributed by atoms with E-state index >= 15 is 0 Å². The molecule has 0 aromatic heterocycles. The number of ether oxygens (including phenoxy) is 2. The van der Waals surface area contributed by atoms with E-state index in [0.29, 0.717) is 35.7 Å². The molecule has 0 aliphatic carbocycles. The minimum Gasteiger partial charge on any atom is -0.497 e. The van der Waals surface area contributed by atoms with Gasteiger partial charge in [0.25, 0.3) is 11.8 Å². The monoisotopic (exact) mass is 454 g/mol. The first-order valence-corrected chi connectivity index (χ1v) is 11.8. The number of nitrogens with one attached hydrogen (secondary N) is 2. The topological polar surface area (TPSA) is 76.7 Å². The van der Waals surface area contributed by atoms with Gasteiger partial charge in [0.2, 0.25) is 0 Å². The molecule has 1 atom stereocenters. The summed E-state index contributed by atoms with van der Waals surface area (Å²) in [7, 11) is 3.18. The maximum absolute atomic E-state index is 12.7. The van der Waals surface area contributed by atoms with Crippen LogP contribution in [0.4, 0.5) is 0 Å². The van der Waals surface area contributed by atoms with Crippen molar-refractivity contribution in [3.05, 3.63) is 59.7 Å². The highest BCUT2D eigenvalue weighted by atomic mass is 16.5. The summed E-state index contributed by atoms with van der Waals surface area (Å²) in [5.74, 6) is 1.14. The second-order valence-corrected chi connectivity index (χ2v) is 8.46. The average Bonchev–Trinajstić information content (AvgIpc) is 2.87. The summed E-state index contributed by atoms with van der Waals surface area (Å²) in [6.45, 7) is 5.57. The van der Waals surface area contributed by atoms with Crippen molar-refractivity contribution in [3.63, 3.8) is 0 Å². The first kappa shape index (κ1) is 26.2. The van der Waals surface area contributed by atoms with Crippen LogP contribution in [0.25, 0.3) is 0 Å². The minimum absolute atomic E-state index is 0.00519. The van der Waals surface area contributed by atoms with E-state index in [-0.39, 0.29) is 17.2 Å². The van der Waals surface area contributed by atoms with Crippen LogP contribution in [-0.2, 0) is 0 Å². The Morgan fingerprint density at radius 3 is 1.88 bits per heavy atom. The molecule has 0 bridgehead atoms. The lowest BCUT2D eigenvalue weighted by Crippen LogP contribution is -2.38. The summed E-state index contributed by atoms with van der Waals surface area (Å²) < 4.78 is 10.4. The lowest BCUT2D eigenvalue weighted by Gasteiger charge is -2.33. The normalized spacial score (nSPS) is 12.5. The molecule has 2 amide bonds. The zero-order valence-electron chi connectivity index (χ0n) is 20.4. The zero-order chi connectivity index (χ0) is 24.1. The van der Waals surface area contributed by atoms with Crippen LogP contribution in [0.3, 0.4) is 0 Å². The maximum Gasteiger partial charge on any atom is 0.251 e. The third-order valence-corrected chi connectivity index (χ3v) is 6.27. The van der Waals surface area contributed by atoms with Gasteiger partial charge in [-0.15, -0.1) is 0 Å². The summed E-state index contributed by atoms with van der Waals surface area (Å²) >= 11 is 0. The molecule has 0 unspecified atom stereocenters. The molecule has 2 N–H and O–H groups in total. The standard InChI is InChI=1S/C27H38N2O4/c1-5-7-15-27(6-2,20-29-26(31)22-12-9-14-24(19-22)33-4)16-10-17-28-25(30)21-11-8-13-23(18-21)32-3/h8-9,11-14,18-19H,5-7,10,15-17,20H2,1-4H3,(H,28,30)(H,29,31)/t27-/m1/s1. The van der Waals surface area contributed by atoms with E-state index in [0.717, 1.165) is 38.5 Å². The number of unbranched alkanes of at least 4 members (excludes halogenated alkanes) is 1. The predicted molar refractivity (Wildman–Crippen MR) is 132 cm³/mol. The van der Waals surface area contributed by atoms with Crippen molar-refractivity contribution in [1.29, 1.82) is 0 Å². The summed E-state index contributed by atoms with van der Waals surface area (Å²) in [5.41, 5.74) is 1.19. The van der Waals surface area contributed by atoms with Gasteiger partial charge in [-0.25, -0.2) is 0 Å². The van der Waals surface area contributed by atoms with Gasteiger partial charge >= 0.3 is 0 Å². The molecule has 6 nitrogen and oxygen atoms in total. The van der Waals surface area contributed by atoms with Gasteiger partial charge in [0, 0.05) is 24.2 Å². The Morgan fingerprint density at radius 1 is 0.818 bits per heavy atom. The van der Waals surface area contributed by atoms with Crippen LogP contribution in [0.5, 0.6) is 11.5 Å². The van der Waals surface area contributed by atoms with Gasteiger partial charge in [-0.2, -0.15) is 0 Å². The Morgan fingerprint density at radius 2 is 1.36 bits per heavy atom. The van der Waals surface area contributed by atoms with E-state index < -0.39 is 0 Å². The SMILES string of the molecule is CCCC[C@](CC)(CCCNC(=O)c1cccc(OC)c1)CNC(=O)c1cccc(OC)c1. The van der Waals surface area contributed by atoms with Crippen LogP contribution in [-0.4, -0.2) is 39.1 Å². The van der Waals surface area contributed by atoms with Crippen molar-refractivity contribution in [3.8, 4) is 11.5 Å². The van der Waals surface area contributed by atoms with Crippen LogP contribution in [0.1, 0.15) is 73.1 Å². The highest BCUT2D eigenvalue weighted by Gasteiger charge is 2.28. The van der Waals surface area contributed by atoms with Crippen molar-refractivity contribution < 1.29 is 19.1 Å². The van der Waals surface area contributed by atoms with Crippen LogP contribution in [0.15, 0.2) is 48.5 Å². The molecule has 0 saturated carbocycles. The van der Waals surface area contributed by atoms with Crippen LogP contribution in [0.2, 0.25) is 0 Å². The fraction of sp³-hybridized carbons (Fsp3) is 0.481. The molecule has 33 heavy (non-hydrogen) atoms. The smallest absolute Gasteiger partial charge is 0.251 e. The Hall–Kier alpha value is -3.02. The summed E-state index contributed by atoms with van der Waals surface area (Å²) in [6, 6.07) is 14.3. The van der Waals surface area contributed by atoms with Crippen LogP contribution < -0.4 is 20.1 Å². The molecule has 0 heterocycles. The fourth-order valence-electron chi connectivity index (χ4n) is 4.00. The van der Waals surface area contributed by atoms with Crippen molar-refractivity contribution >= 4 is 11.8 Å². The highest BCUT2D eigenvalue weighted by Crippen LogP contribution is 2.33. The van der Waals surface area contributed by atoms with Crippen molar-refractivity contribution in [2.45, 2.75) is 52.4 Å². The second-order valence-electron chi connectivity index (χ2n) is 8.46. The van der Waals surface area contributed by atoms with E-state index in [4.69, 9.17) is 9.47 Å². The van der Waals surface area contributed by atoms with Crippen molar-refractivity contribution in [2.75, 3.05) is 27.3 Å². The van der Waals surface area contributed by atoms with Gasteiger partial charge in [-0.05, 0) is 67.5 Å². The fourth-order valence-corrected chi connectivity index (χ4v) is 4.00. The molecule has 0 aliphatic heterocycles. The third-order valence-electron chi connectivity index (χ3n) is 6.27. The molecule has 0 fully saturated rings. The van der Waals surface area contributed by atoms with E-state index in [1.807, 2.05) is 24.3 Å². The quantitative estimate of drug-likeness (QED) is 0.383. The number of hydrogen-bond acceptors (Lipinski definition) is 4. The van der Waals surface area contributed by atoms with Crippen molar-refractivity contribution in [1.82, 2.24) is 10.6 Å². The molecule has 6 heteroatoms. The summed E-state index contributed by atoms with van der Waals surface area (Å²) in [5, 5.41) is 6.15. The number of carbonyl (C=O) groups excluding carboxylic acids is 2. The third kappa shape index (κ3) is 8.12. The van der Waals surface area contributed by atoms with Gasteiger partial charge in [0.1, 0.15) is 11.5 Å². The van der Waals surface area contributed by atoms with Crippen LogP contribution in [0, 0.1) is 5.41 Å². The molecule has 2 rings (SSSR count). The van der Waals surface area contributed by atoms with E-state index in [9.17, 15) is 9.59 Å². The van der Waals surface area contributed by atoms with Gasteiger partial charge in [-0.1, -0.05) is 38.8 Å². The summed E-state index contributed by atoms with van der Waals surface area (Å²) in [4.78, 5) is 25.2. The Balaban J connectivity index is 1.93. The molecular formula is C27H38N2O4. The van der Waals surface area contributed by atoms with Crippen LogP contribution >= 0.6 is 0 Å². The number of methoxy groups -OCH3 is 2. The van der Waals surface area contributed by atoms with Gasteiger partial charge in [0.05, 0.1) is 14.2 Å². The highest BCUT2D eigenvalue weighted by molar-refractivity contribution is 5.95. The van der Waals surface area contributed by atoms with E-state index in [2.05, 4.69) is 24.5 Å². The summed E-state index contributed by atoms with van der Waals surface area (Å²) in [6.07, 6.45) is 6.01. The Kier molecular flexibility index (Phi) is 10.7. The molecular weight excluding hydrogens is 416 g/mol. The molecule has 2 aromatic rings. The Bertz CT molecular complexity index is 899. The molecule has 0 radical (unpaired) electrons. The van der Waals surface area contributed by atoms with Crippen molar-refractivity contribution in [2.24, 2.45) is 5.41 Å². The first-order valence-electron chi connectivity index (χ1n) is 11.8. The molecule has 180 valence electrons. The largest absolute Gasteiger partial charge is 0.497 e.